The summed E-state index contributed by atoms with van der Waals surface area (Å²) in [6.07, 6.45) is 11.9. The number of nitrogens with one attached hydrogen (secondary N) is 2. The topological polar surface area (TPSA) is 91.0 Å². The summed E-state index contributed by atoms with van der Waals surface area (Å²) >= 11 is 12.3. The van der Waals surface area contributed by atoms with Crippen LogP contribution >= 0.6 is 23.2 Å². The van der Waals surface area contributed by atoms with Gasteiger partial charge in [-0.2, -0.15) is 0 Å². The first-order chi connectivity index (χ1) is 19.3. The third-order valence-corrected chi connectivity index (χ3v) is 10.0. The number of piperidine rings is 1. The van der Waals surface area contributed by atoms with Crippen LogP contribution in [0.5, 0.6) is 0 Å². The molecule has 10 heteroatoms. The largest absolute Gasteiger partial charge is 0.359 e. The lowest BCUT2D eigenvalue weighted by atomic mass is 9.74. The van der Waals surface area contributed by atoms with E-state index in [-0.39, 0.29) is 23.8 Å². The molecule has 3 amide bonds. The SMILES string of the molecule is C[C@@H]1CCCCN1CCN1C(=O)[C@@H]2[C@@H](C(=O)Nc3cc(Cl)cc(Cl)c3)[C@@H]3C=C[C@@]2(O3)[C@H]1C(=O)NC1CCCCC1. The number of carbonyl (C=O) groups is 3. The number of halogens is 2. The summed E-state index contributed by atoms with van der Waals surface area (Å²) in [7, 11) is 0. The van der Waals surface area contributed by atoms with Gasteiger partial charge in [0, 0.05) is 40.9 Å². The number of ether oxygens (including phenoxy) is 1. The molecule has 6 atom stereocenters. The minimum atomic E-state index is -1.16. The molecule has 4 heterocycles. The number of likely N-dealkylation sites (tertiary alicyclic amines) is 2. The van der Waals surface area contributed by atoms with Crippen LogP contribution in [-0.4, -0.2) is 77.0 Å². The zero-order valence-corrected chi connectivity index (χ0v) is 24.4. The highest BCUT2D eigenvalue weighted by molar-refractivity contribution is 6.35. The number of hydrogen-bond acceptors (Lipinski definition) is 5. The molecule has 1 aromatic carbocycles. The highest BCUT2D eigenvalue weighted by Crippen LogP contribution is 2.55. The normalized spacial score (nSPS) is 33.8. The van der Waals surface area contributed by atoms with Crippen molar-refractivity contribution >= 4 is 46.6 Å². The molecule has 3 saturated heterocycles. The van der Waals surface area contributed by atoms with Crippen molar-refractivity contribution in [3.63, 3.8) is 0 Å². The van der Waals surface area contributed by atoms with Gasteiger partial charge in [0.2, 0.25) is 17.7 Å². The van der Waals surface area contributed by atoms with Gasteiger partial charge in [-0.1, -0.05) is 61.0 Å². The lowest BCUT2D eigenvalue weighted by molar-refractivity contribution is -0.141. The Bertz CT molecular complexity index is 1180. The van der Waals surface area contributed by atoms with Gasteiger partial charge in [0.1, 0.15) is 11.6 Å². The highest BCUT2D eigenvalue weighted by atomic mass is 35.5. The van der Waals surface area contributed by atoms with Crippen molar-refractivity contribution in [3.05, 3.63) is 40.4 Å². The molecule has 1 aliphatic carbocycles. The lowest BCUT2D eigenvalue weighted by Crippen LogP contribution is -2.57. The maximum Gasteiger partial charge on any atom is 0.246 e. The summed E-state index contributed by atoms with van der Waals surface area (Å²) in [5.74, 6) is -2.25. The van der Waals surface area contributed by atoms with Crippen LogP contribution in [0.4, 0.5) is 5.69 Å². The minimum absolute atomic E-state index is 0.102. The quantitative estimate of drug-likeness (QED) is 0.460. The predicted octanol–water partition coefficient (Wildman–Crippen LogP) is 4.41. The number of anilines is 1. The third kappa shape index (κ3) is 5.06. The van der Waals surface area contributed by atoms with Gasteiger partial charge in [-0.25, -0.2) is 0 Å². The van der Waals surface area contributed by atoms with Gasteiger partial charge in [-0.15, -0.1) is 0 Å². The minimum Gasteiger partial charge on any atom is -0.359 e. The fourth-order valence-corrected chi connectivity index (χ4v) is 8.14. The van der Waals surface area contributed by atoms with Crippen molar-refractivity contribution in [2.45, 2.75) is 88.1 Å². The Kier molecular flexibility index (Phi) is 7.89. The van der Waals surface area contributed by atoms with E-state index in [0.29, 0.717) is 34.9 Å². The number of benzene rings is 1. The first kappa shape index (κ1) is 28.0. The molecule has 1 aromatic rings. The fraction of sp³-hybridized carbons (Fsp3) is 0.633. The van der Waals surface area contributed by atoms with Crippen LogP contribution in [0.1, 0.15) is 58.3 Å². The Morgan fingerprint density at radius 3 is 2.45 bits per heavy atom. The molecule has 40 heavy (non-hydrogen) atoms. The molecule has 8 nitrogen and oxygen atoms in total. The zero-order chi connectivity index (χ0) is 28.0. The van der Waals surface area contributed by atoms with Crippen LogP contribution in [0.3, 0.4) is 0 Å². The summed E-state index contributed by atoms with van der Waals surface area (Å²) < 4.78 is 6.48. The molecule has 4 aliphatic heterocycles. The number of fused-ring (bicyclic) bond motifs is 1. The molecular weight excluding hydrogens is 551 g/mol. The maximum atomic E-state index is 14.2. The first-order valence-corrected chi connectivity index (χ1v) is 15.5. The summed E-state index contributed by atoms with van der Waals surface area (Å²) in [4.78, 5) is 46.0. The van der Waals surface area contributed by atoms with Gasteiger partial charge in [-0.05, 0) is 57.4 Å². The van der Waals surface area contributed by atoms with E-state index in [1.54, 1.807) is 23.1 Å². The van der Waals surface area contributed by atoms with E-state index in [1.165, 1.54) is 12.8 Å². The average Bonchev–Trinajstić information content (AvgIpc) is 3.55. The molecule has 0 aromatic heterocycles. The van der Waals surface area contributed by atoms with Crippen molar-refractivity contribution in [1.29, 1.82) is 0 Å². The van der Waals surface area contributed by atoms with E-state index >= 15 is 0 Å². The summed E-state index contributed by atoms with van der Waals surface area (Å²) in [5.41, 5.74) is -0.710. The second kappa shape index (κ2) is 11.3. The molecule has 216 valence electrons. The lowest BCUT2D eigenvalue weighted by Gasteiger charge is -2.37. The average molecular weight is 590 g/mol. The van der Waals surface area contributed by atoms with E-state index in [9.17, 15) is 14.4 Å². The molecule has 6 rings (SSSR count). The Morgan fingerprint density at radius 2 is 1.73 bits per heavy atom. The zero-order valence-electron chi connectivity index (χ0n) is 22.9. The molecular formula is C30H38Cl2N4O4. The Labute approximate surface area is 245 Å². The summed E-state index contributed by atoms with van der Waals surface area (Å²) in [6, 6.07) is 4.56. The third-order valence-electron chi connectivity index (χ3n) is 9.58. The standard InChI is InChI=1S/C30H38Cl2N4O4/c1-18-7-5-6-12-35(18)13-14-36-26(28(38)33-21-8-3-2-4-9-21)30-11-10-23(40-30)24(25(30)29(36)39)27(37)34-22-16-19(31)15-20(32)17-22/h10-11,15-18,21,23-26H,2-9,12-14H2,1H3,(H,33,38)(H,34,37)/t18-,23+,24+,25+,26-,30+/m1/s1. The van der Waals surface area contributed by atoms with E-state index in [2.05, 4.69) is 22.5 Å². The molecule has 2 N–H and O–H groups in total. The maximum absolute atomic E-state index is 14.2. The first-order valence-electron chi connectivity index (χ1n) is 14.8. The van der Waals surface area contributed by atoms with Crippen molar-refractivity contribution < 1.29 is 19.1 Å². The van der Waals surface area contributed by atoms with Gasteiger partial charge in [0.25, 0.3) is 0 Å². The highest BCUT2D eigenvalue weighted by Gasteiger charge is 2.72. The van der Waals surface area contributed by atoms with Gasteiger partial charge in [-0.3, -0.25) is 19.3 Å². The van der Waals surface area contributed by atoms with Crippen molar-refractivity contribution in [2.75, 3.05) is 25.0 Å². The van der Waals surface area contributed by atoms with Crippen LogP contribution in [0.15, 0.2) is 30.4 Å². The van der Waals surface area contributed by atoms with Gasteiger partial charge in [0.15, 0.2) is 0 Å². The Balaban J connectivity index is 1.27. The van der Waals surface area contributed by atoms with Gasteiger partial charge >= 0.3 is 0 Å². The number of nitrogens with zero attached hydrogens (tertiary/aromatic N) is 2. The molecule has 1 saturated carbocycles. The Morgan fingerprint density at radius 1 is 1.00 bits per heavy atom. The van der Waals surface area contributed by atoms with E-state index in [1.807, 2.05) is 12.2 Å². The monoisotopic (exact) mass is 588 g/mol. The molecule has 2 bridgehead atoms. The second-order valence-electron chi connectivity index (χ2n) is 12.1. The molecule has 0 unspecified atom stereocenters. The molecule has 1 spiro atoms. The van der Waals surface area contributed by atoms with Crippen molar-refractivity contribution in [1.82, 2.24) is 15.1 Å². The Hall–Kier alpha value is -2.13. The van der Waals surface area contributed by atoms with Crippen molar-refractivity contribution in [3.8, 4) is 0 Å². The second-order valence-corrected chi connectivity index (χ2v) is 13.0. The molecule has 0 radical (unpaired) electrons. The van der Waals surface area contributed by atoms with Crippen LogP contribution in [0.2, 0.25) is 10.0 Å². The van der Waals surface area contributed by atoms with Crippen molar-refractivity contribution in [2.24, 2.45) is 11.8 Å². The fourth-order valence-electron chi connectivity index (χ4n) is 7.61. The van der Waals surface area contributed by atoms with E-state index < -0.39 is 29.6 Å². The number of rotatable bonds is 7. The molecule has 5 aliphatic rings. The summed E-state index contributed by atoms with van der Waals surface area (Å²) in [6.45, 7) is 4.32. The summed E-state index contributed by atoms with van der Waals surface area (Å²) in [5, 5.41) is 6.95. The van der Waals surface area contributed by atoms with Crippen LogP contribution < -0.4 is 10.6 Å². The van der Waals surface area contributed by atoms with Crippen LogP contribution in [0.25, 0.3) is 0 Å². The van der Waals surface area contributed by atoms with E-state index in [0.717, 1.165) is 45.1 Å². The predicted molar refractivity (Wildman–Crippen MR) is 154 cm³/mol. The van der Waals surface area contributed by atoms with Gasteiger partial charge in [0.05, 0.1) is 17.9 Å². The number of hydrogen-bond donors (Lipinski definition) is 2. The number of carbonyl (C=O) groups excluding carboxylic acids is 3. The smallest absolute Gasteiger partial charge is 0.246 e. The van der Waals surface area contributed by atoms with Crippen LogP contribution in [0, 0.1) is 11.8 Å². The van der Waals surface area contributed by atoms with Gasteiger partial charge < -0.3 is 20.3 Å². The molecule has 4 fully saturated rings. The van der Waals surface area contributed by atoms with Crippen LogP contribution in [-0.2, 0) is 19.1 Å². The van der Waals surface area contributed by atoms with E-state index in [4.69, 9.17) is 27.9 Å². The number of amides is 3.